The lowest BCUT2D eigenvalue weighted by Gasteiger charge is -2.26. The quantitative estimate of drug-likeness (QED) is 0.682. The molecule has 2 fully saturated rings. The molecule has 0 spiro atoms. The number of pyridine rings is 1. The first-order chi connectivity index (χ1) is 14.9. The SMILES string of the molecule is COC[C@H]1CCN(C(=O)Nc2c(-c3ccccc3F)ccnc2N2CCC(P)(P)C2)C1. The summed E-state index contributed by atoms with van der Waals surface area (Å²) in [5, 5.41) is 3.08. The highest BCUT2D eigenvalue weighted by Gasteiger charge is 2.33. The van der Waals surface area contributed by atoms with Crippen LogP contribution < -0.4 is 10.2 Å². The highest BCUT2D eigenvalue weighted by Crippen LogP contribution is 2.42. The molecule has 2 saturated heterocycles. The minimum absolute atomic E-state index is 0.000707. The summed E-state index contributed by atoms with van der Waals surface area (Å²) in [7, 11) is 7.43. The Morgan fingerprint density at radius 2 is 2.10 bits per heavy atom. The van der Waals surface area contributed by atoms with Crippen LogP contribution in [0.15, 0.2) is 36.5 Å². The second kappa shape index (κ2) is 9.36. The lowest BCUT2D eigenvalue weighted by molar-refractivity contribution is 0.154. The predicted octanol–water partition coefficient (Wildman–Crippen LogP) is 4.04. The summed E-state index contributed by atoms with van der Waals surface area (Å²) < 4.78 is 19.9. The van der Waals surface area contributed by atoms with Gasteiger partial charge in [-0.05, 0) is 25.0 Å². The van der Waals surface area contributed by atoms with Crippen LogP contribution in [0.4, 0.5) is 20.7 Å². The van der Waals surface area contributed by atoms with Crippen molar-refractivity contribution < 1.29 is 13.9 Å². The number of carbonyl (C=O) groups is 1. The van der Waals surface area contributed by atoms with Crippen molar-refractivity contribution in [1.29, 1.82) is 0 Å². The Balaban J connectivity index is 1.68. The Morgan fingerprint density at radius 1 is 1.29 bits per heavy atom. The number of carbonyl (C=O) groups excluding carboxylic acids is 1. The van der Waals surface area contributed by atoms with Crippen molar-refractivity contribution in [2.45, 2.75) is 17.7 Å². The summed E-state index contributed by atoms with van der Waals surface area (Å²) in [6.07, 6.45) is 3.56. The van der Waals surface area contributed by atoms with E-state index in [1.165, 1.54) is 6.07 Å². The van der Waals surface area contributed by atoms with Crippen molar-refractivity contribution in [2.24, 2.45) is 5.92 Å². The number of nitrogens with one attached hydrogen (secondary N) is 1. The Hall–Kier alpha value is -1.81. The monoisotopic (exact) mass is 462 g/mol. The minimum atomic E-state index is -0.329. The molecular formula is C22H29FN4O2P2. The average Bonchev–Trinajstić information content (AvgIpc) is 3.35. The number of hydrogen-bond acceptors (Lipinski definition) is 4. The molecule has 4 rings (SSSR count). The maximum Gasteiger partial charge on any atom is 0.321 e. The van der Waals surface area contributed by atoms with Gasteiger partial charge in [-0.25, -0.2) is 14.2 Å². The molecule has 9 heteroatoms. The number of rotatable bonds is 5. The van der Waals surface area contributed by atoms with Crippen LogP contribution >= 0.6 is 18.5 Å². The number of likely N-dealkylation sites (tertiary alicyclic amines) is 1. The van der Waals surface area contributed by atoms with Crippen molar-refractivity contribution in [2.75, 3.05) is 50.1 Å². The van der Waals surface area contributed by atoms with Gasteiger partial charge < -0.3 is 19.9 Å². The van der Waals surface area contributed by atoms with Gasteiger partial charge in [-0.15, -0.1) is 18.5 Å². The van der Waals surface area contributed by atoms with Crippen LogP contribution in [0.3, 0.4) is 0 Å². The standard InChI is InChI=1S/C22H29FN4O2P2/c1-29-13-15-7-10-26(12-15)21(28)25-19-17(16-4-2-3-5-18(16)23)6-9-24-20(19)27-11-8-22(30,31)14-27/h2-6,9,15H,7-8,10-14,30-31H2,1H3,(H,25,28)/t15-/m0/s1. The van der Waals surface area contributed by atoms with Gasteiger partial charge in [0.05, 0.1) is 12.3 Å². The van der Waals surface area contributed by atoms with E-state index in [0.717, 1.165) is 25.9 Å². The fourth-order valence-corrected chi connectivity index (χ4v) is 5.03. The molecule has 1 aromatic heterocycles. The fourth-order valence-electron chi connectivity index (χ4n) is 4.33. The van der Waals surface area contributed by atoms with E-state index in [0.29, 0.717) is 48.2 Å². The van der Waals surface area contributed by atoms with Gasteiger partial charge in [0.1, 0.15) is 5.82 Å². The van der Waals surface area contributed by atoms with Crippen molar-refractivity contribution >= 4 is 36.0 Å². The zero-order valence-electron chi connectivity index (χ0n) is 17.7. The maximum absolute atomic E-state index is 14.7. The first-order valence-electron chi connectivity index (χ1n) is 10.5. The van der Waals surface area contributed by atoms with Crippen molar-refractivity contribution in [3.63, 3.8) is 0 Å². The summed E-state index contributed by atoms with van der Waals surface area (Å²) in [6, 6.07) is 8.20. The summed E-state index contributed by atoms with van der Waals surface area (Å²) in [5.41, 5.74) is 1.64. The molecule has 2 unspecified atom stereocenters. The molecule has 2 aliphatic rings. The topological polar surface area (TPSA) is 57.7 Å². The third-order valence-corrected chi connectivity index (χ3v) is 6.88. The molecule has 2 aromatic rings. The predicted molar refractivity (Wildman–Crippen MR) is 129 cm³/mol. The van der Waals surface area contributed by atoms with Crippen LogP contribution in [0.2, 0.25) is 0 Å². The van der Waals surface area contributed by atoms with Gasteiger partial charge >= 0.3 is 6.03 Å². The zero-order chi connectivity index (χ0) is 22.0. The second-order valence-corrected chi connectivity index (χ2v) is 11.4. The van der Waals surface area contributed by atoms with Gasteiger partial charge in [0, 0.05) is 61.4 Å². The first kappa shape index (κ1) is 22.4. The number of aromatic nitrogens is 1. The van der Waals surface area contributed by atoms with E-state index in [2.05, 4.69) is 33.7 Å². The lowest BCUT2D eigenvalue weighted by Crippen LogP contribution is -2.34. The molecule has 0 saturated carbocycles. The van der Waals surface area contributed by atoms with E-state index < -0.39 is 0 Å². The fraction of sp³-hybridized carbons (Fsp3) is 0.455. The number of amides is 2. The molecule has 2 aliphatic heterocycles. The molecule has 1 aromatic carbocycles. The number of urea groups is 1. The number of benzene rings is 1. The van der Waals surface area contributed by atoms with E-state index in [1.54, 1.807) is 42.5 Å². The van der Waals surface area contributed by atoms with E-state index in [9.17, 15) is 9.18 Å². The zero-order valence-corrected chi connectivity index (χ0v) is 20.0. The van der Waals surface area contributed by atoms with E-state index >= 15 is 0 Å². The Bertz CT molecular complexity index is 959. The Morgan fingerprint density at radius 3 is 2.81 bits per heavy atom. The van der Waals surface area contributed by atoms with Gasteiger partial charge in [0.25, 0.3) is 0 Å². The van der Waals surface area contributed by atoms with Crippen LogP contribution in [0.25, 0.3) is 11.1 Å². The molecule has 1 N–H and O–H groups in total. The molecule has 2 amide bonds. The van der Waals surface area contributed by atoms with Gasteiger partial charge in [0.2, 0.25) is 0 Å². The molecule has 3 heterocycles. The van der Waals surface area contributed by atoms with E-state index in [1.807, 2.05) is 0 Å². The molecule has 0 bridgehead atoms. The number of halogens is 1. The first-order valence-corrected chi connectivity index (χ1v) is 11.6. The molecule has 6 nitrogen and oxygen atoms in total. The number of ether oxygens (including phenoxy) is 1. The van der Waals surface area contributed by atoms with Crippen LogP contribution in [-0.4, -0.2) is 60.7 Å². The maximum atomic E-state index is 14.7. The molecular weight excluding hydrogens is 433 g/mol. The molecule has 0 aliphatic carbocycles. The average molecular weight is 462 g/mol. The minimum Gasteiger partial charge on any atom is -0.384 e. The van der Waals surface area contributed by atoms with E-state index in [4.69, 9.17) is 4.74 Å². The summed E-state index contributed by atoms with van der Waals surface area (Å²) in [4.78, 5) is 21.7. The largest absolute Gasteiger partial charge is 0.384 e. The molecule has 0 radical (unpaired) electrons. The summed E-state index contributed by atoms with van der Waals surface area (Å²) >= 11 is 0. The van der Waals surface area contributed by atoms with Crippen LogP contribution in [0, 0.1) is 11.7 Å². The van der Waals surface area contributed by atoms with Crippen LogP contribution in [0.5, 0.6) is 0 Å². The van der Waals surface area contributed by atoms with Crippen molar-refractivity contribution in [3.8, 4) is 11.1 Å². The number of anilines is 2. The third-order valence-electron chi connectivity index (χ3n) is 5.93. The lowest BCUT2D eigenvalue weighted by atomic mass is 10.0. The highest BCUT2D eigenvalue weighted by atomic mass is 31.1. The number of nitrogens with zero attached hydrogens (tertiary/aromatic N) is 3. The Labute approximate surface area is 187 Å². The number of methoxy groups -OCH3 is 1. The number of hydrogen-bond donors (Lipinski definition) is 1. The van der Waals surface area contributed by atoms with Crippen molar-refractivity contribution in [3.05, 3.63) is 42.3 Å². The Kier molecular flexibility index (Phi) is 6.76. The van der Waals surface area contributed by atoms with Gasteiger partial charge in [-0.3, -0.25) is 0 Å². The van der Waals surface area contributed by atoms with Crippen LogP contribution in [-0.2, 0) is 4.74 Å². The third kappa shape index (κ3) is 5.00. The molecule has 3 atom stereocenters. The van der Waals surface area contributed by atoms with Gasteiger partial charge in [-0.1, -0.05) is 18.2 Å². The van der Waals surface area contributed by atoms with Gasteiger partial charge in [-0.2, -0.15) is 0 Å². The normalized spacial score (nSPS) is 20.3. The van der Waals surface area contributed by atoms with E-state index in [-0.39, 0.29) is 16.7 Å². The molecule has 31 heavy (non-hydrogen) atoms. The highest BCUT2D eigenvalue weighted by molar-refractivity contribution is 7.40. The smallest absolute Gasteiger partial charge is 0.321 e. The summed E-state index contributed by atoms with van der Waals surface area (Å²) in [6.45, 7) is 3.53. The second-order valence-electron chi connectivity index (χ2n) is 8.43. The van der Waals surface area contributed by atoms with Crippen LogP contribution in [0.1, 0.15) is 12.8 Å². The van der Waals surface area contributed by atoms with Gasteiger partial charge in [0.15, 0.2) is 5.82 Å². The molecule has 166 valence electrons. The summed E-state index contributed by atoms with van der Waals surface area (Å²) in [5.74, 6) is 0.682. The van der Waals surface area contributed by atoms with Crippen molar-refractivity contribution in [1.82, 2.24) is 9.88 Å².